The third-order valence-electron chi connectivity index (χ3n) is 5.50. The van der Waals surface area contributed by atoms with E-state index in [0.717, 1.165) is 22.9 Å². The normalized spacial score (nSPS) is 18.0. The van der Waals surface area contributed by atoms with Crippen LogP contribution >= 0.6 is 15.9 Å². The minimum Gasteiger partial charge on any atom is -0.387 e. The quantitative estimate of drug-likeness (QED) is 0.741. The second kappa shape index (κ2) is 7.29. The Morgan fingerprint density at radius 3 is 2.64 bits per heavy atom. The number of hydrogen-bond acceptors (Lipinski definition) is 3. The Hall–Kier alpha value is -2.25. The summed E-state index contributed by atoms with van der Waals surface area (Å²) < 4.78 is 13.9. The minimum absolute atomic E-state index is 0.00116. The van der Waals surface area contributed by atoms with Crippen molar-refractivity contribution in [3.63, 3.8) is 0 Å². The molecule has 1 heterocycles. The SMILES string of the molecule is O=C(CN1CC2(CC2)c2cc(Br)ccc2C1=O)NC[C@H](O)c1ccc(F)cc1. The van der Waals surface area contributed by atoms with Crippen LogP contribution in [0.2, 0.25) is 0 Å². The summed E-state index contributed by atoms with van der Waals surface area (Å²) in [6, 6.07) is 11.1. The Labute approximate surface area is 170 Å². The number of nitrogens with one attached hydrogen (secondary N) is 1. The molecule has 0 unspecified atom stereocenters. The van der Waals surface area contributed by atoms with Crippen LogP contribution in [0.4, 0.5) is 4.39 Å². The van der Waals surface area contributed by atoms with Crippen molar-refractivity contribution < 1.29 is 19.1 Å². The topological polar surface area (TPSA) is 69.6 Å². The van der Waals surface area contributed by atoms with Crippen LogP contribution in [0.1, 0.15) is 40.4 Å². The second-order valence-electron chi connectivity index (χ2n) is 7.50. The zero-order chi connectivity index (χ0) is 19.9. The highest BCUT2D eigenvalue weighted by molar-refractivity contribution is 9.10. The fourth-order valence-corrected chi connectivity index (χ4v) is 4.14. The smallest absolute Gasteiger partial charge is 0.254 e. The predicted molar refractivity (Wildman–Crippen MR) is 105 cm³/mol. The fourth-order valence-electron chi connectivity index (χ4n) is 3.78. The lowest BCUT2D eigenvalue weighted by atomic mass is 9.86. The van der Waals surface area contributed by atoms with Crippen molar-refractivity contribution >= 4 is 27.7 Å². The van der Waals surface area contributed by atoms with Gasteiger partial charge in [-0.3, -0.25) is 9.59 Å². The molecular weight excluding hydrogens is 427 g/mol. The first-order valence-corrected chi connectivity index (χ1v) is 9.97. The standard InChI is InChI=1S/C21H20BrFN2O3/c22-14-3-6-16-17(9-14)21(7-8-21)12-25(20(16)28)11-19(27)24-10-18(26)13-1-4-15(23)5-2-13/h1-6,9,18,26H,7-8,10-12H2,(H,24,27)/t18-/m0/s1. The van der Waals surface area contributed by atoms with E-state index in [0.29, 0.717) is 17.7 Å². The lowest BCUT2D eigenvalue weighted by molar-refractivity contribution is -0.122. The summed E-state index contributed by atoms with van der Waals surface area (Å²) in [4.78, 5) is 26.8. The van der Waals surface area contributed by atoms with Crippen molar-refractivity contribution in [3.8, 4) is 0 Å². The van der Waals surface area contributed by atoms with Crippen LogP contribution in [-0.2, 0) is 10.2 Å². The summed E-state index contributed by atoms with van der Waals surface area (Å²) in [5, 5.41) is 12.8. The van der Waals surface area contributed by atoms with E-state index in [4.69, 9.17) is 0 Å². The van der Waals surface area contributed by atoms with E-state index in [1.165, 1.54) is 24.3 Å². The van der Waals surface area contributed by atoms with E-state index in [1.54, 1.807) is 4.90 Å². The molecule has 1 fully saturated rings. The van der Waals surface area contributed by atoms with Crippen LogP contribution in [0, 0.1) is 5.82 Å². The largest absolute Gasteiger partial charge is 0.387 e. The van der Waals surface area contributed by atoms with Crippen LogP contribution in [0.15, 0.2) is 46.9 Å². The summed E-state index contributed by atoms with van der Waals surface area (Å²) in [5.74, 6) is -0.856. The van der Waals surface area contributed by atoms with Crippen LogP contribution < -0.4 is 5.32 Å². The van der Waals surface area contributed by atoms with Gasteiger partial charge >= 0.3 is 0 Å². The van der Waals surface area contributed by atoms with E-state index >= 15 is 0 Å². The number of aliphatic hydroxyl groups is 1. The number of hydrogen-bond donors (Lipinski definition) is 2. The Bertz CT molecular complexity index is 928. The molecule has 4 rings (SSSR count). The van der Waals surface area contributed by atoms with Gasteiger partial charge in [-0.25, -0.2) is 4.39 Å². The summed E-state index contributed by atoms with van der Waals surface area (Å²) in [6.45, 7) is 0.483. The Balaban J connectivity index is 1.39. The first kappa shape index (κ1) is 19.1. The third kappa shape index (κ3) is 3.69. The number of benzene rings is 2. The Morgan fingerprint density at radius 1 is 1.25 bits per heavy atom. The molecule has 1 atom stereocenters. The highest BCUT2D eigenvalue weighted by Gasteiger charge is 2.51. The summed E-state index contributed by atoms with van der Waals surface area (Å²) in [5.41, 5.74) is 2.20. The van der Waals surface area contributed by atoms with Crippen molar-refractivity contribution in [1.82, 2.24) is 10.2 Å². The van der Waals surface area contributed by atoms with Gasteiger partial charge in [-0.05, 0) is 54.3 Å². The number of rotatable bonds is 5. The molecule has 2 amide bonds. The van der Waals surface area contributed by atoms with E-state index in [-0.39, 0.29) is 36.1 Å². The zero-order valence-corrected chi connectivity index (χ0v) is 16.7. The zero-order valence-electron chi connectivity index (χ0n) is 15.1. The summed E-state index contributed by atoms with van der Waals surface area (Å²) in [6.07, 6.45) is 1.07. The van der Waals surface area contributed by atoms with Gasteiger partial charge in [0.15, 0.2) is 0 Å². The van der Waals surface area contributed by atoms with Crippen LogP contribution in [0.5, 0.6) is 0 Å². The highest BCUT2D eigenvalue weighted by Crippen LogP contribution is 2.52. The molecular formula is C21H20BrFN2O3. The number of aliphatic hydroxyl groups excluding tert-OH is 1. The van der Waals surface area contributed by atoms with Crippen molar-refractivity contribution in [2.45, 2.75) is 24.4 Å². The van der Waals surface area contributed by atoms with Gasteiger partial charge in [0, 0.05) is 28.5 Å². The highest BCUT2D eigenvalue weighted by atomic mass is 79.9. The van der Waals surface area contributed by atoms with Crippen molar-refractivity contribution in [1.29, 1.82) is 0 Å². The molecule has 1 saturated carbocycles. The monoisotopic (exact) mass is 446 g/mol. The van der Waals surface area contributed by atoms with Crippen molar-refractivity contribution in [2.24, 2.45) is 0 Å². The Kier molecular flexibility index (Phi) is 4.97. The number of nitrogens with zero attached hydrogens (tertiary/aromatic N) is 1. The molecule has 0 aromatic heterocycles. The second-order valence-corrected chi connectivity index (χ2v) is 8.42. The van der Waals surface area contributed by atoms with Crippen LogP contribution in [0.25, 0.3) is 0 Å². The maximum absolute atomic E-state index is 13.0. The molecule has 28 heavy (non-hydrogen) atoms. The van der Waals surface area contributed by atoms with E-state index < -0.39 is 6.10 Å². The fraction of sp³-hybridized carbons (Fsp3) is 0.333. The van der Waals surface area contributed by atoms with Gasteiger partial charge in [-0.1, -0.05) is 28.1 Å². The van der Waals surface area contributed by atoms with Crippen LogP contribution in [-0.4, -0.2) is 41.5 Å². The van der Waals surface area contributed by atoms with Gasteiger partial charge in [-0.15, -0.1) is 0 Å². The summed E-state index contributed by atoms with van der Waals surface area (Å²) >= 11 is 3.47. The summed E-state index contributed by atoms with van der Waals surface area (Å²) in [7, 11) is 0. The maximum atomic E-state index is 13.0. The van der Waals surface area contributed by atoms with Gasteiger partial charge < -0.3 is 15.3 Å². The first-order chi connectivity index (χ1) is 13.4. The minimum atomic E-state index is -0.936. The molecule has 0 saturated heterocycles. The van der Waals surface area contributed by atoms with Gasteiger partial charge in [0.2, 0.25) is 5.91 Å². The molecule has 0 radical (unpaired) electrons. The Morgan fingerprint density at radius 2 is 1.96 bits per heavy atom. The number of carbonyl (C=O) groups is 2. The predicted octanol–water partition coefficient (Wildman–Crippen LogP) is 2.93. The maximum Gasteiger partial charge on any atom is 0.254 e. The molecule has 0 bridgehead atoms. The molecule has 2 aromatic rings. The average Bonchev–Trinajstić information content (AvgIpc) is 3.45. The van der Waals surface area contributed by atoms with Gasteiger partial charge in [0.05, 0.1) is 12.6 Å². The number of fused-ring (bicyclic) bond motifs is 2. The van der Waals surface area contributed by atoms with E-state index in [1.807, 2.05) is 18.2 Å². The molecule has 5 nitrogen and oxygen atoms in total. The van der Waals surface area contributed by atoms with Crippen LogP contribution in [0.3, 0.4) is 0 Å². The molecule has 2 N–H and O–H groups in total. The molecule has 1 aliphatic carbocycles. The lowest BCUT2D eigenvalue weighted by Crippen LogP contribution is -2.48. The number of amides is 2. The van der Waals surface area contributed by atoms with Gasteiger partial charge in [0.25, 0.3) is 5.91 Å². The molecule has 146 valence electrons. The lowest BCUT2D eigenvalue weighted by Gasteiger charge is -2.34. The third-order valence-corrected chi connectivity index (χ3v) is 5.99. The molecule has 1 spiro atoms. The average molecular weight is 447 g/mol. The molecule has 1 aliphatic heterocycles. The molecule has 2 aromatic carbocycles. The molecule has 2 aliphatic rings. The number of carbonyl (C=O) groups excluding carboxylic acids is 2. The number of halogens is 2. The van der Waals surface area contributed by atoms with E-state index in [9.17, 15) is 19.1 Å². The van der Waals surface area contributed by atoms with Gasteiger partial charge in [0.1, 0.15) is 5.82 Å². The van der Waals surface area contributed by atoms with Gasteiger partial charge in [-0.2, -0.15) is 0 Å². The van der Waals surface area contributed by atoms with E-state index in [2.05, 4.69) is 21.2 Å². The van der Waals surface area contributed by atoms with Crippen molar-refractivity contribution in [3.05, 3.63) is 69.4 Å². The molecule has 7 heteroatoms. The first-order valence-electron chi connectivity index (χ1n) is 9.17. The van der Waals surface area contributed by atoms with Crippen molar-refractivity contribution in [2.75, 3.05) is 19.6 Å².